The van der Waals surface area contributed by atoms with Crippen molar-refractivity contribution in [1.82, 2.24) is 5.32 Å². The van der Waals surface area contributed by atoms with Gasteiger partial charge in [0.1, 0.15) is 0 Å². The van der Waals surface area contributed by atoms with Gasteiger partial charge >= 0.3 is 6.29 Å². The number of benzene rings is 1. The molecule has 0 saturated carbocycles. The third-order valence-electron chi connectivity index (χ3n) is 4.12. The van der Waals surface area contributed by atoms with Crippen LogP contribution in [-0.2, 0) is 9.53 Å². The number of amides is 1. The third-order valence-corrected chi connectivity index (χ3v) is 4.12. The van der Waals surface area contributed by atoms with Crippen LogP contribution in [0.2, 0.25) is 0 Å². The van der Waals surface area contributed by atoms with E-state index in [4.69, 9.17) is 4.74 Å². The van der Waals surface area contributed by atoms with E-state index in [1.807, 2.05) is 0 Å². The van der Waals surface area contributed by atoms with E-state index in [0.717, 1.165) is 13.1 Å². The molecule has 2 aliphatic rings. The number of fused-ring (bicyclic) bond motifs is 1. The Bertz CT molecular complexity index is 604. The van der Waals surface area contributed by atoms with Gasteiger partial charge in [0.05, 0.1) is 12.0 Å². The zero-order chi connectivity index (χ0) is 16.5. The molecular weight excluding hydrogens is 346 g/mol. The lowest BCUT2D eigenvalue weighted by molar-refractivity contribution is -0.286. The minimum absolute atomic E-state index is 0. The number of ether oxygens (including phenoxy) is 3. The quantitative estimate of drug-likeness (QED) is 0.858. The molecule has 0 aromatic heterocycles. The largest absolute Gasteiger partial charge is 0.586 e. The van der Waals surface area contributed by atoms with E-state index in [1.54, 1.807) is 7.11 Å². The van der Waals surface area contributed by atoms with Crippen LogP contribution in [0.4, 0.5) is 14.5 Å². The second-order valence-corrected chi connectivity index (χ2v) is 5.75. The van der Waals surface area contributed by atoms with Gasteiger partial charge in [0.25, 0.3) is 0 Å². The van der Waals surface area contributed by atoms with Crippen LogP contribution in [0, 0.1) is 5.41 Å². The van der Waals surface area contributed by atoms with Crippen LogP contribution < -0.4 is 20.1 Å². The summed E-state index contributed by atoms with van der Waals surface area (Å²) >= 11 is 0. The first-order chi connectivity index (χ1) is 10.9. The monoisotopic (exact) mass is 364 g/mol. The van der Waals surface area contributed by atoms with Crippen molar-refractivity contribution in [2.45, 2.75) is 19.1 Å². The Morgan fingerprint density at radius 3 is 2.62 bits per heavy atom. The Labute approximate surface area is 144 Å². The number of halogens is 3. The first-order valence-corrected chi connectivity index (χ1v) is 7.35. The molecule has 0 bridgehead atoms. The van der Waals surface area contributed by atoms with Gasteiger partial charge in [0, 0.05) is 18.9 Å². The van der Waals surface area contributed by atoms with Crippen molar-refractivity contribution in [3.05, 3.63) is 18.2 Å². The van der Waals surface area contributed by atoms with Crippen LogP contribution >= 0.6 is 12.4 Å². The van der Waals surface area contributed by atoms with E-state index in [2.05, 4.69) is 20.1 Å². The number of rotatable bonds is 4. The van der Waals surface area contributed by atoms with Crippen LogP contribution in [0.25, 0.3) is 0 Å². The van der Waals surface area contributed by atoms with Gasteiger partial charge in [-0.05, 0) is 38.1 Å². The summed E-state index contributed by atoms with van der Waals surface area (Å²) < 4.78 is 40.0. The number of hydrogen-bond acceptors (Lipinski definition) is 5. The second kappa shape index (κ2) is 7.08. The molecule has 1 aromatic rings. The van der Waals surface area contributed by atoms with E-state index >= 15 is 0 Å². The van der Waals surface area contributed by atoms with Crippen LogP contribution in [0.3, 0.4) is 0 Å². The van der Waals surface area contributed by atoms with E-state index in [-0.39, 0.29) is 29.8 Å². The highest BCUT2D eigenvalue weighted by atomic mass is 35.5. The first-order valence-electron chi connectivity index (χ1n) is 7.35. The number of piperidine rings is 1. The van der Waals surface area contributed by atoms with Gasteiger partial charge in [0.15, 0.2) is 11.5 Å². The summed E-state index contributed by atoms with van der Waals surface area (Å²) in [6.45, 7) is 1.76. The highest BCUT2D eigenvalue weighted by Crippen LogP contribution is 2.42. The van der Waals surface area contributed by atoms with Crippen molar-refractivity contribution in [2.75, 3.05) is 32.1 Å². The second-order valence-electron chi connectivity index (χ2n) is 5.75. The summed E-state index contributed by atoms with van der Waals surface area (Å²) in [6, 6.07) is 4.18. The summed E-state index contributed by atoms with van der Waals surface area (Å²) in [5.74, 6) is -0.341. The molecule has 134 valence electrons. The maximum absolute atomic E-state index is 13.0. The normalized spacial score (nSPS) is 20.1. The molecule has 2 aliphatic heterocycles. The zero-order valence-electron chi connectivity index (χ0n) is 13.1. The Balaban J connectivity index is 0.00000208. The van der Waals surface area contributed by atoms with Crippen molar-refractivity contribution >= 4 is 24.0 Å². The van der Waals surface area contributed by atoms with Crippen molar-refractivity contribution in [1.29, 1.82) is 0 Å². The predicted molar refractivity (Wildman–Crippen MR) is 84.9 cm³/mol. The fraction of sp³-hybridized carbons (Fsp3) is 0.533. The Hall–Kier alpha value is -1.64. The number of alkyl halides is 2. The SMILES string of the molecule is COCC1(C(=O)Nc2ccc3c(c2)OC(F)(F)O3)CCNCC1.Cl. The van der Waals surface area contributed by atoms with E-state index in [9.17, 15) is 13.6 Å². The zero-order valence-corrected chi connectivity index (χ0v) is 13.9. The number of carbonyl (C=O) groups excluding carboxylic acids is 1. The molecule has 1 fully saturated rings. The lowest BCUT2D eigenvalue weighted by Gasteiger charge is -2.35. The van der Waals surface area contributed by atoms with Gasteiger partial charge in [0.2, 0.25) is 5.91 Å². The summed E-state index contributed by atoms with van der Waals surface area (Å²) in [5.41, 5.74) is -0.246. The average molecular weight is 365 g/mol. The fourth-order valence-corrected chi connectivity index (χ4v) is 2.91. The summed E-state index contributed by atoms with van der Waals surface area (Å²) in [5, 5.41) is 5.97. The number of methoxy groups -OCH3 is 1. The lowest BCUT2D eigenvalue weighted by Crippen LogP contribution is -2.47. The lowest BCUT2D eigenvalue weighted by atomic mass is 9.78. The van der Waals surface area contributed by atoms with E-state index in [0.29, 0.717) is 25.1 Å². The summed E-state index contributed by atoms with van der Waals surface area (Å²) in [7, 11) is 1.56. The number of hydrogen-bond donors (Lipinski definition) is 2. The van der Waals surface area contributed by atoms with Gasteiger partial charge < -0.3 is 24.8 Å². The molecule has 1 amide bonds. The third kappa shape index (κ3) is 3.71. The topological polar surface area (TPSA) is 68.8 Å². The maximum atomic E-state index is 13.0. The van der Waals surface area contributed by atoms with Gasteiger partial charge in [-0.25, -0.2) is 0 Å². The highest BCUT2D eigenvalue weighted by Gasteiger charge is 2.44. The van der Waals surface area contributed by atoms with Crippen LogP contribution in [0.15, 0.2) is 18.2 Å². The van der Waals surface area contributed by atoms with E-state index < -0.39 is 11.7 Å². The average Bonchev–Trinajstić information content (AvgIpc) is 2.81. The molecule has 0 atom stereocenters. The Morgan fingerprint density at radius 2 is 1.96 bits per heavy atom. The summed E-state index contributed by atoms with van der Waals surface area (Å²) in [6.07, 6.45) is -2.37. The molecule has 6 nitrogen and oxygen atoms in total. The molecule has 3 rings (SSSR count). The standard InChI is InChI=1S/C15H18F2N2O4.ClH/c1-21-9-14(4-6-18-7-5-14)13(20)19-10-2-3-11-12(8-10)23-15(16,17)22-11;/h2-3,8,18H,4-7,9H2,1H3,(H,19,20);1H. The van der Waals surface area contributed by atoms with Crippen molar-refractivity contribution < 1.29 is 27.8 Å². The van der Waals surface area contributed by atoms with Gasteiger partial charge in [-0.1, -0.05) is 0 Å². The van der Waals surface area contributed by atoms with Crippen LogP contribution in [0.5, 0.6) is 11.5 Å². The molecular formula is C15H19ClF2N2O4. The molecule has 2 heterocycles. The Morgan fingerprint density at radius 1 is 1.29 bits per heavy atom. The molecule has 9 heteroatoms. The Kier molecular flexibility index (Phi) is 5.52. The van der Waals surface area contributed by atoms with Crippen LogP contribution in [-0.4, -0.2) is 39.0 Å². The fourth-order valence-electron chi connectivity index (χ4n) is 2.91. The predicted octanol–water partition coefficient (Wildman–Crippen LogP) is 2.38. The molecule has 2 N–H and O–H groups in total. The van der Waals surface area contributed by atoms with Crippen molar-refractivity contribution in [2.24, 2.45) is 5.41 Å². The number of carbonyl (C=O) groups is 1. The van der Waals surface area contributed by atoms with Crippen LogP contribution in [0.1, 0.15) is 12.8 Å². The molecule has 0 radical (unpaired) electrons. The minimum atomic E-state index is -3.67. The smallest absolute Gasteiger partial charge is 0.395 e. The molecule has 0 spiro atoms. The first kappa shape index (κ1) is 18.7. The molecule has 1 saturated heterocycles. The van der Waals surface area contributed by atoms with E-state index in [1.165, 1.54) is 18.2 Å². The number of anilines is 1. The minimum Gasteiger partial charge on any atom is -0.395 e. The molecule has 0 aliphatic carbocycles. The highest BCUT2D eigenvalue weighted by molar-refractivity contribution is 5.95. The van der Waals surface area contributed by atoms with Gasteiger partial charge in [-0.2, -0.15) is 0 Å². The van der Waals surface area contributed by atoms with Gasteiger partial charge in [-0.3, -0.25) is 4.79 Å². The van der Waals surface area contributed by atoms with Crippen molar-refractivity contribution in [3.63, 3.8) is 0 Å². The molecule has 24 heavy (non-hydrogen) atoms. The van der Waals surface area contributed by atoms with Crippen molar-refractivity contribution in [3.8, 4) is 11.5 Å². The molecule has 1 aromatic carbocycles. The molecule has 0 unspecified atom stereocenters. The maximum Gasteiger partial charge on any atom is 0.586 e. The number of nitrogens with one attached hydrogen (secondary N) is 2. The van der Waals surface area contributed by atoms with Gasteiger partial charge in [-0.15, -0.1) is 21.2 Å². The summed E-state index contributed by atoms with van der Waals surface area (Å²) in [4.78, 5) is 12.7.